The first-order valence-electron chi connectivity index (χ1n) is 6.62. The van der Waals surface area contributed by atoms with Crippen molar-refractivity contribution in [3.05, 3.63) is 0 Å². The normalized spacial score (nSPS) is 26.2. The average molecular weight is 280 g/mol. The second-order valence-corrected chi connectivity index (χ2v) is 7.93. The minimum atomic E-state index is -3.09. The number of nitrogens with zero attached hydrogens (tertiary/aromatic N) is 1. The summed E-state index contributed by atoms with van der Waals surface area (Å²) >= 11 is 5.54. The summed E-state index contributed by atoms with van der Waals surface area (Å²) in [6.45, 7) is 1.42. The first kappa shape index (κ1) is 13.6. The first-order valence-corrected chi connectivity index (χ1v) is 8.76. The number of halogens is 1. The van der Waals surface area contributed by atoms with E-state index in [1.807, 2.05) is 0 Å². The van der Waals surface area contributed by atoms with E-state index in [1.165, 1.54) is 32.1 Å². The van der Waals surface area contributed by atoms with Crippen molar-refractivity contribution in [2.45, 2.75) is 44.9 Å². The molecule has 17 heavy (non-hydrogen) atoms. The lowest BCUT2D eigenvalue weighted by Gasteiger charge is -2.43. The molecule has 0 radical (unpaired) electrons. The Bertz CT molecular complexity index is 340. The standard InChI is InChI=1S/C12H22ClNO2S/c13-8-11-17(15,16)14-9-6-12(7-10-14)4-2-1-3-5-12/h1-11H2. The minimum Gasteiger partial charge on any atom is -0.212 e. The molecule has 0 unspecified atom stereocenters. The van der Waals surface area contributed by atoms with Gasteiger partial charge in [0, 0.05) is 19.0 Å². The first-order chi connectivity index (χ1) is 8.08. The summed E-state index contributed by atoms with van der Waals surface area (Å²) in [5.41, 5.74) is 0.464. The van der Waals surface area contributed by atoms with E-state index in [1.54, 1.807) is 4.31 Å². The van der Waals surface area contributed by atoms with E-state index >= 15 is 0 Å². The number of piperidine rings is 1. The molecule has 0 aromatic heterocycles. The average Bonchev–Trinajstić information content (AvgIpc) is 2.30. The molecule has 0 amide bonds. The zero-order valence-electron chi connectivity index (χ0n) is 10.3. The topological polar surface area (TPSA) is 37.4 Å². The predicted octanol–water partition coefficient (Wildman–Crippen LogP) is 2.60. The Kier molecular flexibility index (Phi) is 4.37. The third-order valence-corrected chi connectivity index (χ3v) is 6.71. The van der Waals surface area contributed by atoms with E-state index < -0.39 is 10.0 Å². The molecule has 2 rings (SSSR count). The van der Waals surface area contributed by atoms with E-state index in [-0.39, 0.29) is 11.6 Å². The van der Waals surface area contributed by atoms with Crippen LogP contribution < -0.4 is 0 Å². The molecule has 1 saturated heterocycles. The van der Waals surface area contributed by atoms with Gasteiger partial charge in [-0.1, -0.05) is 19.3 Å². The molecule has 0 bridgehead atoms. The van der Waals surface area contributed by atoms with E-state index in [2.05, 4.69) is 0 Å². The zero-order valence-corrected chi connectivity index (χ0v) is 11.9. The van der Waals surface area contributed by atoms with Crippen LogP contribution in [-0.4, -0.2) is 37.4 Å². The Hall–Kier alpha value is 0.200. The summed E-state index contributed by atoms with van der Waals surface area (Å²) in [5, 5.41) is 0. The number of alkyl halides is 1. The Morgan fingerprint density at radius 3 is 2.12 bits per heavy atom. The van der Waals surface area contributed by atoms with Crippen LogP contribution in [0.5, 0.6) is 0 Å². The molecule has 2 fully saturated rings. The summed E-state index contributed by atoms with van der Waals surface area (Å²) in [6, 6.07) is 0. The molecule has 1 saturated carbocycles. The van der Waals surface area contributed by atoms with Gasteiger partial charge in [0.1, 0.15) is 0 Å². The van der Waals surface area contributed by atoms with Crippen LogP contribution in [-0.2, 0) is 10.0 Å². The third-order valence-electron chi connectivity index (χ3n) is 4.43. The van der Waals surface area contributed by atoms with Crippen molar-refractivity contribution in [3.8, 4) is 0 Å². The highest BCUT2D eigenvalue weighted by Gasteiger charge is 2.38. The Labute approximate surface area is 110 Å². The van der Waals surface area contributed by atoms with Gasteiger partial charge in [0.2, 0.25) is 10.0 Å². The molecule has 1 aliphatic carbocycles. The second-order valence-electron chi connectivity index (χ2n) is 5.46. The fourth-order valence-electron chi connectivity index (χ4n) is 3.27. The molecule has 1 heterocycles. The van der Waals surface area contributed by atoms with Gasteiger partial charge in [-0.2, -0.15) is 0 Å². The molecule has 0 N–H and O–H groups in total. The molecule has 2 aliphatic rings. The Morgan fingerprint density at radius 2 is 1.59 bits per heavy atom. The Balaban J connectivity index is 1.93. The van der Waals surface area contributed by atoms with Gasteiger partial charge in [0.05, 0.1) is 5.75 Å². The maximum atomic E-state index is 11.9. The van der Waals surface area contributed by atoms with Crippen molar-refractivity contribution in [2.75, 3.05) is 24.7 Å². The van der Waals surface area contributed by atoms with Gasteiger partial charge in [-0.25, -0.2) is 12.7 Å². The largest absolute Gasteiger partial charge is 0.215 e. The van der Waals surface area contributed by atoms with Crippen LogP contribution in [0, 0.1) is 5.41 Å². The lowest BCUT2D eigenvalue weighted by atomic mass is 9.68. The highest BCUT2D eigenvalue weighted by Crippen LogP contribution is 2.44. The van der Waals surface area contributed by atoms with Gasteiger partial charge < -0.3 is 0 Å². The SMILES string of the molecule is O=S(=O)(CCCl)N1CCC2(CCCCC2)CC1. The van der Waals surface area contributed by atoms with Crippen molar-refractivity contribution in [2.24, 2.45) is 5.41 Å². The molecule has 1 spiro atoms. The fourth-order valence-corrected chi connectivity index (χ4v) is 5.04. The van der Waals surface area contributed by atoms with Crippen molar-refractivity contribution < 1.29 is 8.42 Å². The lowest BCUT2D eigenvalue weighted by Crippen LogP contribution is -2.44. The molecule has 3 nitrogen and oxygen atoms in total. The van der Waals surface area contributed by atoms with Crippen LogP contribution in [0.15, 0.2) is 0 Å². The van der Waals surface area contributed by atoms with E-state index in [0.29, 0.717) is 18.5 Å². The number of hydrogen-bond acceptors (Lipinski definition) is 2. The smallest absolute Gasteiger partial charge is 0.212 e. The molecule has 5 heteroatoms. The highest BCUT2D eigenvalue weighted by atomic mass is 35.5. The second kappa shape index (κ2) is 5.45. The molecular weight excluding hydrogens is 258 g/mol. The van der Waals surface area contributed by atoms with E-state index in [9.17, 15) is 8.42 Å². The molecule has 0 aromatic rings. The van der Waals surface area contributed by atoms with Crippen molar-refractivity contribution in [1.29, 1.82) is 0 Å². The van der Waals surface area contributed by atoms with Crippen molar-refractivity contribution >= 4 is 21.6 Å². The number of rotatable bonds is 3. The van der Waals surface area contributed by atoms with Crippen LogP contribution in [0.25, 0.3) is 0 Å². The van der Waals surface area contributed by atoms with Crippen molar-refractivity contribution in [3.63, 3.8) is 0 Å². The molecule has 0 atom stereocenters. The molecule has 0 aromatic carbocycles. The van der Waals surface area contributed by atoms with Crippen LogP contribution in [0.3, 0.4) is 0 Å². The molecule has 100 valence electrons. The Morgan fingerprint density at radius 1 is 1.00 bits per heavy atom. The summed E-state index contributed by atoms with van der Waals surface area (Å²) in [5.74, 6) is 0.283. The molecular formula is C12H22ClNO2S. The van der Waals surface area contributed by atoms with Gasteiger partial charge in [0.25, 0.3) is 0 Å². The van der Waals surface area contributed by atoms with Gasteiger partial charge in [-0.05, 0) is 31.1 Å². The van der Waals surface area contributed by atoms with E-state index in [4.69, 9.17) is 11.6 Å². The quantitative estimate of drug-likeness (QED) is 0.745. The van der Waals surface area contributed by atoms with Gasteiger partial charge in [-0.3, -0.25) is 0 Å². The number of hydrogen-bond donors (Lipinski definition) is 0. The minimum absolute atomic E-state index is 0.0849. The summed E-state index contributed by atoms with van der Waals surface area (Å²) in [6.07, 6.45) is 8.72. The van der Waals surface area contributed by atoms with Gasteiger partial charge in [-0.15, -0.1) is 11.6 Å². The fraction of sp³-hybridized carbons (Fsp3) is 1.00. The van der Waals surface area contributed by atoms with Crippen molar-refractivity contribution in [1.82, 2.24) is 4.31 Å². The van der Waals surface area contributed by atoms with Crippen LogP contribution in [0.4, 0.5) is 0 Å². The predicted molar refractivity (Wildman–Crippen MR) is 70.8 cm³/mol. The van der Waals surface area contributed by atoms with Crippen LogP contribution in [0.1, 0.15) is 44.9 Å². The monoisotopic (exact) mass is 279 g/mol. The maximum absolute atomic E-state index is 11.9. The molecule has 1 aliphatic heterocycles. The zero-order chi connectivity index (χ0) is 12.4. The summed E-state index contributed by atoms with van der Waals surface area (Å²) < 4.78 is 25.4. The summed E-state index contributed by atoms with van der Waals surface area (Å²) in [7, 11) is -3.09. The van der Waals surface area contributed by atoms with Gasteiger partial charge in [0.15, 0.2) is 0 Å². The summed E-state index contributed by atoms with van der Waals surface area (Å²) in [4.78, 5) is 0. The van der Waals surface area contributed by atoms with Gasteiger partial charge >= 0.3 is 0 Å². The van der Waals surface area contributed by atoms with Crippen LogP contribution in [0.2, 0.25) is 0 Å². The van der Waals surface area contributed by atoms with Crippen LogP contribution >= 0.6 is 11.6 Å². The number of sulfonamides is 1. The maximum Gasteiger partial charge on any atom is 0.215 e. The highest BCUT2D eigenvalue weighted by molar-refractivity contribution is 7.89. The third kappa shape index (κ3) is 3.15. The van der Waals surface area contributed by atoms with E-state index in [0.717, 1.165) is 12.8 Å². The lowest BCUT2D eigenvalue weighted by molar-refractivity contribution is 0.102.